The number of carbonyl (C=O) groups excluding carboxylic acids is 1. The Hall–Kier alpha value is -1.58. The SMILES string of the molecule is CC/C=C(/C)C(=O)N(C)Cc1cnn(C)c1. The molecule has 0 saturated carbocycles. The molecule has 0 radical (unpaired) electrons. The Morgan fingerprint density at radius 2 is 2.31 bits per heavy atom. The summed E-state index contributed by atoms with van der Waals surface area (Å²) in [5.74, 6) is 0.0747. The number of carbonyl (C=O) groups is 1. The fraction of sp³-hybridized carbons (Fsp3) is 0.500. The molecule has 0 bridgehead atoms. The summed E-state index contributed by atoms with van der Waals surface area (Å²) in [6.07, 6.45) is 6.53. The molecule has 0 aliphatic rings. The zero-order valence-corrected chi connectivity index (χ0v) is 10.4. The maximum Gasteiger partial charge on any atom is 0.249 e. The molecule has 0 aliphatic carbocycles. The van der Waals surface area contributed by atoms with Crippen LogP contribution >= 0.6 is 0 Å². The molecule has 4 heteroatoms. The van der Waals surface area contributed by atoms with Crippen molar-refractivity contribution < 1.29 is 4.79 Å². The van der Waals surface area contributed by atoms with E-state index in [0.717, 1.165) is 17.6 Å². The van der Waals surface area contributed by atoms with Crippen LogP contribution in [0.4, 0.5) is 0 Å². The Balaban J connectivity index is 2.62. The molecular formula is C12H19N3O. The minimum absolute atomic E-state index is 0.0747. The molecule has 0 atom stereocenters. The molecule has 1 rings (SSSR count). The van der Waals surface area contributed by atoms with Crippen LogP contribution in [0.15, 0.2) is 24.0 Å². The van der Waals surface area contributed by atoms with Crippen LogP contribution in [-0.4, -0.2) is 27.6 Å². The van der Waals surface area contributed by atoms with E-state index in [4.69, 9.17) is 0 Å². The number of rotatable bonds is 4. The van der Waals surface area contributed by atoms with Gasteiger partial charge in [-0.05, 0) is 13.3 Å². The van der Waals surface area contributed by atoms with Crippen molar-refractivity contribution in [2.24, 2.45) is 7.05 Å². The van der Waals surface area contributed by atoms with Crippen molar-refractivity contribution in [2.45, 2.75) is 26.8 Å². The van der Waals surface area contributed by atoms with Gasteiger partial charge in [0.2, 0.25) is 5.91 Å². The topological polar surface area (TPSA) is 38.1 Å². The molecule has 0 saturated heterocycles. The maximum absolute atomic E-state index is 11.9. The molecule has 4 nitrogen and oxygen atoms in total. The van der Waals surface area contributed by atoms with Gasteiger partial charge in [-0.2, -0.15) is 5.10 Å². The van der Waals surface area contributed by atoms with Gasteiger partial charge < -0.3 is 4.90 Å². The first kappa shape index (κ1) is 12.5. The van der Waals surface area contributed by atoms with Crippen LogP contribution < -0.4 is 0 Å². The van der Waals surface area contributed by atoms with E-state index in [9.17, 15) is 4.79 Å². The van der Waals surface area contributed by atoms with E-state index < -0.39 is 0 Å². The van der Waals surface area contributed by atoms with Gasteiger partial charge in [-0.15, -0.1) is 0 Å². The summed E-state index contributed by atoms with van der Waals surface area (Å²) in [6, 6.07) is 0. The minimum Gasteiger partial charge on any atom is -0.338 e. The van der Waals surface area contributed by atoms with E-state index in [0.29, 0.717) is 6.54 Å². The highest BCUT2D eigenvalue weighted by molar-refractivity contribution is 5.92. The fourth-order valence-corrected chi connectivity index (χ4v) is 1.59. The molecule has 88 valence electrons. The zero-order chi connectivity index (χ0) is 12.1. The van der Waals surface area contributed by atoms with E-state index >= 15 is 0 Å². The van der Waals surface area contributed by atoms with Crippen molar-refractivity contribution in [3.05, 3.63) is 29.6 Å². The van der Waals surface area contributed by atoms with Crippen LogP contribution in [0.3, 0.4) is 0 Å². The third-order valence-corrected chi connectivity index (χ3v) is 2.37. The van der Waals surface area contributed by atoms with Gasteiger partial charge in [0.1, 0.15) is 0 Å². The highest BCUT2D eigenvalue weighted by Crippen LogP contribution is 2.06. The quantitative estimate of drug-likeness (QED) is 0.726. The first-order chi connectivity index (χ1) is 7.54. The minimum atomic E-state index is 0.0747. The van der Waals surface area contributed by atoms with E-state index in [1.807, 2.05) is 40.2 Å². The molecule has 0 aliphatic heterocycles. The molecule has 0 aromatic carbocycles. The Morgan fingerprint density at radius 3 is 2.81 bits per heavy atom. The second-order valence-corrected chi connectivity index (χ2v) is 3.98. The van der Waals surface area contributed by atoms with Crippen molar-refractivity contribution in [3.8, 4) is 0 Å². The molecule has 0 N–H and O–H groups in total. The van der Waals surface area contributed by atoms with E-state index in [2.05, 4.69) is 5.10 Å². The summed E-state index contributed by atoms with van der Waals surface area (Å²) in [5, 5.41) is 4.07. The second kappa shape index (κ2) is 5.49. The summed E-state index contributed by atoms with van der Waals surface area (Å²) >= 11 is 0. The number of amides is 1. The Bertz CT molecular complexity index is 393. The molecule has 1 aromatic rings. The molecular weight excluding hydrogens is 202 g/mol. The van der Waals surface area contributed by atoms with Crippen LogP contribution in [0.25, 0.3) is 0 Å². The molecule has 0 unspecified atom stereocenters. The van der Waals surface area contributed by atoms with E-state index in [-0.39, 0.29) is 5.91 Å². The summed E-state index contributed by atoms with van der Waals surface area (Å²) in [7, 11) is 3.68. The van der Waals surface area contributed by atoms with Crippen LogP contribution in [0.5, 0.6) is 0 Å². The third kappa shape index (κ3) is 3.22. The van der Waals surface area contributed by atoms with Gasteiger partial charge in [0, 0.05) is 38.0 Å². The van der Waals surface area contributed by atoms with Gasteiger partial charge in [-0.25, -0.2) is 0 Å². The molecule has 0 fully saturated rings. The first-order valence-corrected chi connectivity index (χ1v) is 5.44. The fourth-order valence-electron chi connectivity index (χ4n) is 1.59. The number of likely N-dealkylation sites (N-methyl/N-ethyl adjacent to an activating group) is 1. The van der Waals surface area contributed by atoms with Crippen LogP contribution in [-0.2, 0) is 18.4 Å². The smallest absolute Gasteiger partial charge is 0.249 e. The average molecular weight is 221 g/mol. The number of allylic oxidation sites excluding steroid dienone is 1. The molecule has 0 spiro atoms. The van der Waals surface area contributed by atoms with Gasteiger partial charge in [0.15, 0.2) is 0 Å². The lowest BCUT2D eigenvalue weighted by molar-refractivity contribution is -0.126. The number of aromatic nitrogens is 2. The summed E-state index contributed by atoms with van der Waals surface area (Å²) in [6.45, 7) is 4.48. The second-order valence-electron chi connectivity index (χ2n) is 3.98. The zero-order valence-electron chi connectivity index (χ0n) is 10.4. The largest absolute Gasteiger partial charge is 0.338 e. The maximum atomic E-state index is 11.9. The van der Waals surface area contributed by atoms with Crippen molar-refractivity contribution in [1.29, 1.82) is 0 Å². The van der Waals surface area contributed by atoms with Crippen molar-refractivity contribution >= 4 is 5.91 Å². The van der Waals surface area contributed by atoms with Crippen molar-refractivity contribution in [3.63, 3.8) is 0 Å². The third-order valence-electron chi connectivity index (χ3n) is 2.37. The molecule has 1 aromatic heterocycles. The normalized spacial score (nSPS) is 11.6. The van der Waals surface area contributed by atoms with Crippen LogP contribution in [0.2, 0.25) is 0 Å². The van der Waals surface area contributed by atoms with Gasteiger partial charge in [-0.3, -0.25) is 9.48 Å². The predicted octanol–water partition coefficient (Wildman–Crippen LogP) is 1.73. The molecule has 1 amide bonds. The van der Waals surface area contributed by atoms with Crippen LogP contribution in [0.1, 0.15) is 25.8 Å². The highest BCUT2D eigenvalue weighted by atomic mass is 16.2. The van der Waals surface area contributed by atoms with Gasteiger partial charge in [0.25, 0.3) is 0 Å². The van der Waals surface area contributed by atoms with Crippen molar-refractivity contribution in [2.75, 3.05) is 7.05 Å². The highest BCUT2D eigenvalue weighted by Gasteiger charge is 2.11. The van der Waals surface area contributed by atoms with Crippen molar-refractivity contribution in [1.82, 2.24) is 14.7 Å². The Labute approximate surface area is 96.6 Å². The van der Waals surface area contributed by atoms with Crippen LogP contribution in [0, 0.1) is 0 Å². The summed E-state index contributed by atoms with van der Waals surface area (Å²) in [5.41, 5.74) is 1.84. The van der Waals surface area contributed by atoms with Gasteiger partial charge in [0.05, 0.1) is 6.20 Å². The monoisotopic (exact) mass is 221 g/mol. The van der Waals surface area contributed by atoms with Gasteiger partial charge >= 0.3 is 0 Å². The lowest BCUT2D eigenvalue weighted by Crippen LogP contribution is -2.26. The molecule has 1 heterocycles. The van der Waals surface area contributed by atoms with Gasteiger partial charge in [-0.1, -0.05) is 13.0 Å². The lowest BCUT2D eigenvalue weighted by atomic mass is 10.2. The number of hydrogen-bond acceptors (Lipinski definition) is 2. The average Bonchev–Trinajstić information content (AvgIpc) is 2.63. The first-order valence-electron chi connectivity index (χ1n) is 5.44. The standard InChI is InChI=1S/C12H19N3O/c1-5-6-10(2)12(16)14(3)8-11-7-13-15(4)9-11/h6-7,9H,5,8H2,1-4H3/b10-6-. The lowest BCUT2D eigenvalue weighted by Gasteiger charge is -2.16. The number of nitrogens with zero attached hydrogens (tertiary/aromatic N) is 3. The Kier molecular flexibility index (Phi) is 4.28. The number of hydrogen-bond donors (Lipinski definition) is 0. The van der Waals surface area contributed by atoms with E-state index in [1.165, 1.54) is 0 Å². The predicted molar refractivity (Wildman–Crippen MR) is 63.7 cm³/mol. The number of aryl methyl sites for hydroxylation is 1. The summed E-state index contributed by atoms with van der Waals surface area (Å²) < 4.78 is 1.74. The molecule has 16 heavy (non-hydrogen) atoms. The van der Waals surface area contributed by atoms with E-state index in [1.54, 1.807) is 15.8 Å². The Morgan fingerprint density at radius 1 is 1.62 bits per heavy atom. The summed E-state index contributed by atoms with van der Waals surface area (Å²) in [4.78, 5) is 13.6.